The SMILES string of the molecule is Cc1csc(SCC#N)c1C. The van der Waals surface area contributed by atoms with E-state index >= 15 is 0 Å². The molecule has 1 heterocycles. The Bertz CT molecular complexity index is 283. The van der Waals surface area contributed by atoms with Crippen molar-refractivity contribution >= 4 is 23.1 Å². The first-order valence-electron chi connectivity index (χ1n) is 3.30. The molecule has 0 aliphatic carbocycles. The van der Waals surface area contributed by atoms with Crippen LogP contribution in [0.2, 0.25) is 0 Å². The largest absolute Gasteiger partial charge is 0.197 e. The molecule has 0 saturated heterocycles. The molecule has 0 amide bonds. The molecule has 0 bridgehead atoms. The van der Waals surface area contributed by atoms with E-state index in [9.17, 15) is 0 Å². The smallest absolute Gasteiger partial charge is 0.0863 e. The van der Waals surface area contributed by atoms with Gasteiger partial charge in [-0.1, -0.05) is 11.8 Å². The maximum absolute atomic E-state index is 8.36. The molecule has 11 heavy (non-hydrogen) atoms. The molecule has 0 aromatic carbocycles. The Labute approximate surface area is 75.0 Å². The van der Waals surface area contributed by atoms with Crippen molar-refractivity contribution in [2.45, 2.75) is 18.1 Å². The Balaban J connectivity index is 2.72. The summed E-state index contributed by atoms with van der Waals surface area (Å²) < 4.78 is 1.28. The van der Waals surface area contributed by atoms with Gasteiger partial charge in [-0.05, 0) is 30.4 Å². The second-order valence-electron chi connectivity index (χ2n) is 2.28. The van der Waals surface area contributed by atoms with E-state index in [4.69, 9.17) is 5.26 Å². The highest BCUT2D eigenvalue weighted by Crippen LogP contribution is 2.30. The van der Waals surface area contributed by atoms with E-state index in [-0.39, 0.29) is 0 Å². The number of thioether (sulfide) groups is 1. The highest BCUT2D eigenvalue weighted by molar-refractivity contribution is 8.01. The molecule has 1 rings (SSSR count). The summed E-state index contributed by atoms with van der Waals surface area (Å²) in [6.45, 7) is 4.20. The molecule has 0 spiro atoms. The molecule has 58 valence electrons. The van der Waals surface area contributed by atoms with Gasteiger partial charge in [0.05, 0.1) is 16.0 Å². The Kier molecular flexibility index (Phi) is 2.98. The fourth-order valence-electron chi connectivity index (χ4n) is 0.720. The lowest BCUT2D eigenvalue weighted by atomic mass is 10.2. The summed E-state index contributed by atoms with van der Waals surface area (Å²) >= 11 is 3.35. The predicted octanol–water partition coefficient (Wildman–Crippen LogP) is 2.98. The molecule has 0 unspecified atom stereocenters. The summed E-state index contributed by atoms with van der Waals surface area (Å²) in [7, 11) is 0. The third-order valence-corrected chi connectivity index (χ3v) is 3.98. The van der Waals surface area contributed by atoms with Crippen LogP contribution in [0, 0.1) is 25.2 Å². The lowest BCUT2D eigenvalue weighted by molar-refractivity contribution is 1.33. The molecular weight excluding hydrogens is 174 g/mol. The Hall–Kier alpha value is -0.460. The van der Waals surface area contributed by atoms with E-state index in [2.05, 4.69) is 25.3 Å². The van der Waals surface area contributed by atoms with E-state index in [0.29, 0.717) is 5.75 Å². The fourth-order valence-corrected chi connectivity index (χ4v) is 2.68. The summed E-state index contributed by atoms with van der Waals surface area (Å²) in [5.74, 6) is 0.556. The minimum Gasteiger partial charge on any atom is -0.197 e. The number of aryl methyl sites for hydroxylation is 1. The molecule has 1 nitrogen and oxygen atoms in total. The molecule has 0 aliphatic rings. The topological polar surface area (TPSA) is 23.8 Å². The van der Waals surface area contributed by atoms with Crippen LogP contribution in [-0.4, -0.2) is 5.75 Å². The maximum atomic E-state index is 8.36. The van der Waals surface area contributed by atoms with Crippen LogP contribution in [0.5, 0.6) is 0 Å². The number of hydrogen-bond donors (Lipinski definition) is 0. The first kappa shape index (κ1) is 8.63. The van der Waals surface area contributed by atoms with Crippen molar-refractivity contribution in [2.75, 3.05) is 5.75 Å². The zero-order valence-corrected chi connectivity index (χ0v) is 8.18. The summed E-state index contributed by atoms with van der Waals surface area (Å²) in [4.78, 5) is 0. The van der Waals surface area contributed by atoms with Gasteiger partial charge in [-0.25, -0.2) is 0 Å². The Morgan fingerprint density at radius 1 is 1.64 bits per heavy atom. The van der Waals surface area contributed by atoms with Gasteiger partial charge in [-0.15, -0.1) is 11.3 Å². The molecule has 0 atom stereocenters. The van der Waals surface area contributed by atoms with Crippen LogP contribution in [0.1, 0.15) is 11.1 Å². The van der Waals surface area contributed by atoms with E-state index in [1.54, 1.807) is 23.1 Å². The third-order valence-electron chi connectivity index (χ3n) is 1.51. The summed E-state index contributed by atoms with van der Waals surface area (Å²) in [6.07, 6.45) is 0. The molecule has 0 fully saturated rings. The summed E-state index contributed by atoms with van der Waals surface area (Å²) in [5, 5.41) is 10.5. The number of rotatable bonds is 2. The van der Waals surface area contributed by atoms with Crippen molar-refractivity contribution in [3.8, 4) is 6.07 Å². The monoisotopic (exact) mass is 183 g/mol. The van der Waals surface area contributed by atoms with Crippen LogP contribution in [-0.2, 0) is 0 Å². The van der Waals surface area contributed by atoms with Crippen molar-refractivity contribution in [3.05, 3.63) is 16.5 Å². The van der Waals surface area contributed by atoms with E-state index < -0.39 is 0 Å². The van der Waals surface area contributed by atoms with Crippen molar-refractivity contribution in [3.63, 3.8) is 0 Å². The van der Waals surface area contributed by atoms with Gasteiger partial charge in [0.1, 0.15) is 0 Å². The highest BCUT2D eigenvalue weighted by Gasteiger charge is 2.02. The zero-order chi connectivity index (χ0) is 8.27. The minimum atomic E-state index is 0.556. The van der Waals surface area contributed by atoms with Crippen molar-refractivity contribution in [1.29, 1.82) is 5.26 Å². The second kappa shape index (κ2) is 3.80. The number of nitriles is 1. The van der Waals surface area contributed by atoms with Gasteiger partial charge in [0.15, 0.2) is 0 Å². The van der Waals surface area contributed by atoms with Gasteiger partial charge in [-0.3, -0.25) is 0 Å². The Morgan fingerprint density at radius 2 is 2.36 bits per heavy atom. The van der Waals surface area contributed by atoms with Crippen LogP contribution in [0.25, 0.3) is 0 Å². The molecule has 0 N–H and O–H groups in total. The molecule has 0 aliphatic heterocycles. The quantitative estimate of drug-likeness (QED) is 0.658. The molecule has 3 heteroatoms. The van der Waals surface area contributed by atoms with Crippen molar-refractivity contribution in [2.24, 2.45) is 0 Å². The first-order valence-corrected chi connectivity index (χ1v) is 5.16. The standard InChI is InChI=1S/C8H9NS2/c1-6-5-11-8(7(6)2)10-4-3-9/h5H,4H2,1-2H3. The summed E-state index contributed by atoms with van der Waals surface area (Å²) in [5.41, 5.74) is 2.66. The van der Waals surface area contributed by atoms with Gasteiger partial charge < -0.3 is 0 Å². The molecule has 0 saturated carbocycles. The van der Waals surface area contributed by atoms with Gasteiger partial charge in [0, 0.05) is 0 Å². The average molecular weight is 183 g/mol. The highest BCUT2D eigenvalue weighted by atomic mass is 32.2. The lowest BCUT2D eigenvalue weighted by Gasteiger charge is -1.93. The van der Waals surface area contributed by atoms with Gasteiger partial charge in [0.2, 0.25) is 0 Å². The molecular formula is C8H9NS2. The van der Waals surface area contributed by atoms with Crippen LogP contribution in [0.4, 0.5) is 0 Å². The Morgan fingerprint density at radius 3 is 2.82 bits per heavy atom. The van der Waals surface area contributed by atoms with Crippen molar-refractivity contribution in [1.82, 2.24) is 0 Å². The van der Waals surface area contributed by atoms with E-state index in [0.717, 1.165) is 0 Å². The third kappa shape index (κ3) is 1.98. The van der Waals surface area contributed by atoms with E-state index in [1.807, 2.05) is 0 Å². The molecule has 0 radical (unpaired) electrons. The summed E-state index contributed by atoms with van der Waals surface area (Å²) in [6, 6.07) is 2.12. The second-order valence-corrected chi connectivity index (χ2v) is 4.40. The zero-order valence-electron chi connectivity index (χ0n) is 6.55. The van der Waals surface area contributed by atoms with Gasteiger partial charge in [0.25, 0.3) is 0 Å². The first-order chi connectivity index (χ1) is 5.25. The van der Waals surface area contributed by atoms with Crippen LogP contribution in [0.15, 0.2) is 9.59 Å². The number of thiophene rings is 1. The average Bonchev–Trinajstić information content (AvgIpc) is 2.31. The number of hydrogen-bond acceptors (Lipinski definition) is 3. The van der Waals surface area contributed by atoms with Crippen LogP contribution < -0.4 is 0 Å². The van der Waals surface area contributed by atoms with Crippen molar-refractivity contribution < 1.29 is 0 Å². The van der Waals surface area contributed by atoms with Crippen LogP contribution >= 0.6 is 23.1 Å². The minimum absolute atomic E-state index is 0.556. The fraction of sp³-hybridized carbons (Fsp3) is 0.375. The van der Waals surface area contributed by atoms with Gasteiger partial charge in [-0.2, -0.15) is 5.26 Å². The van der Waals surface area contributed by atoms with E-state index in [1.165, 1.54) is 15.3 Å². The van der Waals surface area contributed by atoms with Crippen LogP contribution in [0.3, 0.4) is 0 Å². The molecule has 1 aromatic rings. The maximum Gasteiger partial charge on any atom is 0.0863 e. The lowest BCUT2D eigenvalue weighted by Crippen LogP contribution is -1.74. The normalized spacial score (nSPS) is 9.55. The number of nitrogens with zero attached hydrogens (tertiary/aromatic N) is 1. The van der Waals surface area contributed by atoms with Gasteiger partial charge >= 0.3 is 0 Å². The predicted molar refractivity (Wildman–Crippen MR) is 50.1 cm³/mol. The molecule has 1 aromatic heterocycles.